The van der Waals surface area contributed by atoms with Crippen LogP contribution in [-0.4, -0.2) is 8.07 Å². The summed E-state index contributed by atoms with van der Waals surface area (Å²) in [4.78, 5) is 2.29. The van der Waals surface area contributed by atoms with Crippen LogP contribution in [0.25, 0.3) is 55.3 Å². The molecule has 9 aromatic carbocycles. The van der Waals surface area contributed by atoms with Crippen molar-refractivity contribution in [1.29, 1.82) is 0 Å². The van der Waals surface area contributed by atoms with Gasteiger partial charge in [0.05, 0.1) is 0 Å². The Bertz CT molecular complexity index is 3160. The molecule has 0 unspecified atom stereocenters. The summed E-state index contributed by atoms with van der Waals surface area (Å²) in [7, 11) is -2.69. The van der Waals surface area contributed by atoms with Crippen molar-refractivity contribution in [2.75, 3.05) is 4.90 Å². The van der Waals surface area contributed by atoms with Crippen molar-refractivity contribution in [2.45, 2.75) is 0 Å². The summed E-state index contributed by atoms with van der Waals surface area (Å²) >= 11 is 0. The Hall–Kier alpha value is -7.40. The Morgan fingerprint density at radius 1 is 0.328 bits per heavy atom. The summed E-state index contributed by atoms with van der Waals surface area (Å²) in [6.07, 6.45) is 0. The van der Waals surface area contributed by atoms with Crippen LogP contribution in [0.1, 0.15) is 0 Å². The molecule has 0 amide bonds. The molecule has 0 saturated heterocycles. The SMILES string of the molecule is c1ccc(-c2ccc(N(c3ccccc3)c3ccc4c(c3)oc3cc(-c5ccc6c(c5)[Si]5(c7ccccc7Oc7ccccc75)c5ccccc5-6)ccc34)cc2)cc1. The van der Waals surface area contributed by atoms with E-state index >= 15 is 0 Å². The van der Waals surface area contributed by atoms with Gasteiger partial charge < -0.3 is 14.1 Å². The molecule has 1 spiro atoms. The molecule has 0 bridgehead atoms. The van der Waals surface area contributed by atoms with E-state index in [9.17, 15) is 0 Å². The third-order valence-electron chi connectivity index (χ3n) is 12.1. The minimum absolute atomic E-state index is 0.859. The summed E-state index contributed by atoms with van der Waals surface area (Å²) in [6.45, 7) is 0. The standard InChI is InChI=1S/C54H35NO2Si/c1-3-13-36(14-4-1)37-23-27-41(28-24-37)55(40-15-5-2-6-16-40)42-29-32-44-43-30-25-38(33-49(43)57-50(44)35-42)39-26-31-46-45-17-7-10-20-51(45)58(54(46)34-39)52-21-11-8-18-47(52)56-48-19-9-12-22-53(48)58/h1-35H. The van der Waals surface area contributed by atoms with Gasteiger partial charge in [-0.25, -0.2) is 0 Å². The van der Waals surface area contributed by atoms with Gasteiger partial charge in [-0.3, -0.25) is 0 Å². The van der Waals surface area contributed by atoms with Crippen molar-refractivity contribution in [3.63, 3.8) is 0 Å². The molecule has 58 heavy (non-hydrogen) atoms. The van der Waals surface area contributed by atoms with Crippen molar-refractivity contribution in [3.05, 3.63) is 212 Å². The minimum atomic E-state index is -2.69. The highest BCUT2D eigenvalue weighted by Gasteiger charge is 2.53. The molecular weight excluding hydrogens is 723 g/mol. The Kier molecular flexibility index (Phi) is 7.25. The van der Waals surface area contributed by atoms with E-state index in [0.717, 1.165) is 56.1 Å². The Morgan fingerprint density at radius 3 is 1.57 bits per heavy atom. The van der Waals surface area contributed by atoms with E-state index < -0.39 is 8.07 Å². The monoisotopic (exact) mass is 757 g/mol. The predicted octanol–water partition coefficient (Wildman–Crippen LogP) is 11.9. The normalized spacial score (nSPS) is 13.1. The molecule has 0 radical (unpaired) electrons. The molecule has 1 aromatic heterocycles. The lowest BCUT2D eigenvalue weighted by molar-refractivity contribution is 0.487. The second kappa shape index (κ2) is 12.8. The average Bonchev–Trinajstić information content (AvgIpc) is 3.80. The van der Waals surface area contributed by atoms with Gasteiger partial charge in [0.2, 0.25) is 0 Å². The highest BCUT2D eigenvalue weighted by atomic mass is 28.3. The molecule has 0 aliphatic carbocycles. The highest BCUT2D eigenvalue weighted by Crippen LogP contribution is 2.41. The first-order chi connectivity index (χ1) is 28.7. The van der Waals surface area contributed by atoms with Gasteiger partial charge in [-0.15, -0.1) is 0 Å². The van der Waals surface area contributed by atoms with Crippen LogP contribution in [0.2, 0.25) is 0 Å². The third-order valence-corrected chi connectivity index (χ3v) is 17.1. The van der Waals surface area contributed by atoms with Gasteiger partial charge in [-0.2, -0.15) is 0 Å². The number of nitrogens with zero attached hydrogens (tertiary/aromatic N) is 1. The van der Waals surface area contributed by atoms with Crippen molar-refractivity contribution < 1.29 is 9.15 Å². The van der Waals surface area contributed by atoms with E-state index in [1.54, 1.807) is 0 Å². The molecule has 3 heterocycles. The van der Waals surface area contributed by atoms with E-state index in [0.29, 0.717) is 0 Å². The number of rotatable bonds is 5. The first-order valence-corrected chi connectivity index (χ1v) is 21.8. The zero-order valence-corrected chi connectivity index (χ0v) is 32.5. The fraction of sp³-hybridized carbons (Fsp3) is 0. The lowest BCUT2D eigenvalue weighted by Crippen LogP contribution is -2.74. The second-order valence-electron chi connectivity index (χ2n) is 15.2. The summed E-state index contributed by atoms with van der Waals surface area (Å²) in [5, 5.41) is 7.64. The molecule has 12 rings (SSSR count). The van der Waals surface area contributed by atoms with Crippen molar-refractivity contribution in [3.8, 4) is 44.9 Å². The minimum Gasteiger partial charge on any atom is -0.458 e. The van der Waals surface area contributed by atoms with Crippen LogP contribution in [0, 0.1) is 0 Å². The average molecular weight is 758 g/mol. The van der Waals surface area contributed by atoms with Gasteiger partial charge in [0.25, 0.3) is 0 Å². The van der Waals surface area contributed by atoms with Crippen LogP contribution >= 0.6 is 0 Å². The zero-order valence-electron chi connectivity index (χ0n) is 31.5. The molecule has 3 nitrogen and oxygen atoms in total. The maximum absolute atomic E-state index is 6.77. The van der Waals surface area contributed by atoms with E-state index in [2.05, 4.69) is 217 Å². The molecule has 0 atom stereocenters. The van der Waals surface area contributed by atoms with Crippen LogP contribution in [0.4, 0.5) is 17.1 Å². The third kappa shape index (κ3) is 4.85. The van der Waals surface area contributed by atoms with Gasteiger partial charge in [0.15, 0.2) is 8.07 Å². The maximum atomic E-state index is 6.77. The van der Waals surface area contributed by atoms with E-state index in [4.69, 9.17) is 9.15 Å². The molecule has 2 aliphatic rings. The lowest BCUT2D eigenvalue weighted by atomic mass is 9.99. The largest absolute Gasteiger partial charge is 0.458 e. The second-order valence-corrected chi connectivity index (χ2v) is 18.9. The molecule has 10 aromatic rings. The Morgan fingerprint density at radius 2 is 0.828 bits per heavy atom. The summed E-state index contributed by atoms with van der Waals surface area (Å²) < 4.78 is 13.4. The molecule has 0 saturated carbocycles. The lowest BCUT2D eigenvalue weighted by Gasteiger charge is -2.37. The number of hydrogen-bond acceptors (Lipinski definition) is 3. The van der Waals surface area contributed by atoms with Crippen molar-refractivity contribution in [2.24, 2.45) is 0 Å². The molecular formula is C54H35NO2Si. The number of benzene rings is 9. The Balaban J connectivity index is 0.972. The smallest absolute Gasteiger partial charge is 0.189 e. The van der Waals surface area contributed by atoms with Crippen molar-refractivity contribution in [1.82, 2.24) is 0 Å². The number of furan rings is 1. The topological polar surface area (TPSA) is 25.6 Å². The molecule has 4 heteroatoms. The van der Waals surface area contributed by atoms with E-state index in [-0.39, 0.29) is 0 Å². The zero-order chi connectivity index (χ0) is 38.2. The first-order valence-electron chi connectivity index (χ1n) is 19.8. The van der Waals surface area contributed by atoms with Crippen LogP contribution in [0.3, 0.4) is 0 Å². The number of hydrogen-bond donors (Lipinski definition) is 0. The van der Waals surface area contributed by atoms with Crippen molar-refractivity contribution >= 4 is 67.8 Å². The molecule has 2 aliphatic heterocycles. The van der Waals surface area contributed by atoms with Crippen LogP contribution in [0.15, 0.2) is 217 Å². The van der Waals surface area contributed by atoms with Crippen LogP contribution in [0.5, 0.6) is 11.5 Å². The fourth-order valence-electron chi connectivity index (χ4n) is 9.58. The number of para-hydroxylation sites is 3. The number of anilines is 3. The van der Waals surface area contributed by atoms with Gasteiger partial charge in [-0.1, -0.05) is 146 Å². The number of ether oxygens (including phenoxy) is 1. The van der Waals surface area contributed by atoms with E-state index in [1.807, 2.05) is 0 Å². The number of fused-ring (bicyclic) bond motifs is 12. The van der Waals surface area contributed by atoms with Crippen LogP contribution in [-0.2, 0) is 0 Å². The summed E-state index contributed by atoms with van der Waals surface area (Å²) in [5.74, 6) is 1.91. The Labute approximate surface area is 337 Å². The first kappa shape index (κ1) is 32.8. The van der Waals surface area contributed by atoms with Crippen LogP contribution < -0.4 is 30.4 Å². The fourth-order valence-corrected chi connectivity index (χ4v) is 15.0. The quantitative estimate of drug-likeness (QED) is 0.164. The highest BCUT2D eigenvalue weighted by molar-refractivity contribution is 7.23. The molecule has 0 fully saturated rings. The summed E-state index contributed by atoms with van der Waals surface area (Å²) in [5.41, 5.74) is 12.3. The maximum Gasteiger partial charge on any atom is 0.189 e. The van der Waals surface area contributed by atoms with E-state index in [1.165, 1.54) is 48.6 Å². The summed E-state index contributed by atoms with van der Waals surface area (Å²) in [6, 6.07) is 76.6. The van der Waals surface area contributed by atoms with Gasteiger partial charge in [-0.05, 0) is 115 Å². The van der Waals surface area contributed by atoms with Gasteiger partial charge in [0, 0.05) is 33.9 Å². The van der Waals surface area contributed by atoms with Gasteiger partial charge in [0.1, 0.15) is 22.7 Å². The van der Waals surface area contributed by atoms with Gasteiger partial charge >= 0.3 is 0 Å². The molecule has 0 N–H and O–H groups in total. The predicted molar refractivity (Wildman–Crippen MR) is 242 cm³/mol. The molecule has 272 valence electrons.